The molecule has 0 amide bonds. The summed E-state index contributed by atoms with van der Waals surface area (Å²) in [5.74, 6) is 2.33. The molecule has 1 aromatic carbocycles. The molecule has 0 unspecified atom stereocenters. The van der Waals surface area contributed by atoms with Crippen LogP contribution < -0.4 is 19.9 Å². The van der Waals surface area contributed by atoms with Crippen LogP contribution in [0.4, 0.5) is 5.82 Å². The van der Waals surface area contributed by atoms with Crippen LogP contribution in [0.3, 0.4) is 0 Å². The molecule has 1 aliphatic heterocycles. The molecule has 2 aromatic rings. The summed E-state index contributed by atoms with van der Waals surface area (Å²) in [6.45, 7) is 0.209. The Morgan fingerprint density at radius 2 is 2.29 bits per heavy atom. The van der Waals surface area contributed by atoms with Gasteiger partial charge in [0.2, 0.25) is 12.5 Å². The van der Waals surface area contributed by atoms with Gasteiger partial charge in [-0.1, -0.05) is 0 Å². The first kappa shape index (κ1) is 9.83. The number of rotatable bonds is 2. The monoisotopic (exact) mass is 233 g/mol. The molecule has 0 atom stereocenters. The van der Waals surface area contributed by atoms with Gasteiger partial charge in [-0.25, -0.2) is 0 Å². The van der Waals surface area contributed by atoms with E-state index in [1.807, 2.05) is 12.1 Å². The summed E-state index contributed by atoms with van der Waals surface area (Å²) in [5, 5.41) is 6.72. The Bertz CT molecular complexity index is 565. The van der Waals surface area contributed by atoms with E-state index in [2.05, 4.69) is 10.2 Å². The van der Waals surface area contributed by atoms with E-state index in [1.54, 1.807) is 13.2 Å². The lowest BCUT2D eigenvalue weighted by Gasteiger charge is -2.09. The summed E-state index contributed by atoms with van der Waals surface area (Å²) in [7, 11) is 1.58. The molecule has 17 heavy (non-hydrogen) atoms. The molecule has 6 heteroatoms. The number of nitrogens with zero attached hydrogens (tertiary/aromatic N) is 1. The van der Waals surface area contributed by atoms with Gasteiger partial charge in [-0.3, -0.25) is 5.10 Å². The summed E-state index contributed by atoms with van der Waals surface area (Å²) < 4.78 is 16.0. The predicted molar refractivity (Wildman–Crippen MR) is 61.1 cm³/mol. The second kappa shape index (κ2) is 3.58. The number of nitrogen functional groups attached to an aromatic ring is 1. The fourth-order valence-electron chi connectivity index (χ4n) is 1.84. The Balaban J connectivity index is 2.17. The Kier molecular flexibility index (Phi) is 2.07. The average molecular weight is 233 g/mol. The molecule has 3 N–H and O–H groups in total. The molecule has 1 aliphatic rings. The third-order valence-electron chi connectivity index (χ3n) is 2.59. The third-order valence-corrected chi connectivity index (χ3v) is 2.59. The number of nitrogens with two attached hydrogens (primary N) is 1. The highest BCUT2D eigenvalue weighted by Gasteiger charge is 2.23. The van der Waals surface area contributed by atoms with Gasteiger partial charge in [-0.2, -0.15) is 5.10 Å². The molecule has 0 bridgehead atoms. The SMILES string of the molecule is COc1c(-c2cc(N)n[nH]2)ccc2c1OCO2. The molecule has 0 aliphatic carbocycles. The van der Waals surface area contributed by atoms with Gasteiger partial charge in [0.15, 0.2) is 11.5 Å². The number of nitrogens with one attached hydrogen (secondary N) is 1. The minimum absolute atomic E-state index is 0.209. The van der Waals surface area contributed by atoms with Gasteiger partial charge < -0.3 is 19.9 Å². The van der Waals surface area contributed by atoms with E-state index in [4.69, 9.17) is 19.9 Å². The number of hydrogen-bond donors (Lipinski definition) is 2. The molecule has 2 heterocycles. The van der Waals surface area contributed by atoms with Gasteiger partial charge >= 0.3 is 0 Å². The van der Waals surface area contributed by atoms with Crippen LogP contribution in [-0.2, 0) is 0 Å². The van der Waals surface area contributed by atoms with Gasteiger partial charge in [-0.15, -0.1) is 0 Å². The van der Waals surface area contributed by atoms with Crippen molar-refractivity contribution < 1.29 is 14.2 Å². The topological polar surface area (TPSA) is 82.4 Å². The molecule has 0 spiro atoms. The van der Waals surface area contributed by atoms with Gasteiger partial charge in [0.25, 0.3) is 0 Å². The zero-order chi connectivity index (χ0) is 11.8. The van der Waals surface area contributed by atoms with Crippen LogP contribution in [0.5, 0.6) is 17.2 Å². The summed E-state index contributed by atoms with van der Waals surface area (Å²) >= 11 is 0. The largest absolute Gasteiger partial charge is 0.492 e. The van der Waals surface area contributed by atoms with Crippen LogP contribution in [0.15, 0.2) is 18.2 Å². The standard InChI is InChI=1S/C11H11N3O3/c1-15-10-6(7-4-9(12)14-13-7)2-3-8-11(10)17-5-16-8/h2-4H,5H2,1H3,(H3,12,13,14). The number of benzene rings is 1. The van der Waals surface area contributed by atoms with Crippen molar-refractivity contribution in [3.8, 4) is 28.5 Å². The lowest BCUT2D eigenvalue weighted by Crippen LogP contribution is -1.94. The minimum atomic E-state index is 0.209. The first-order chi connectivity index (χ1) is 8.29. The van der Waals surface area contributed by atoms with Gasteiger partial charge in [0.1, 0.15) is 5.82 Å². The normalized spacial score (nSPS) is 12.8. The van der Waals surface area contributed by atoms with Crippen LogP contribution in [-0.4, -0.2) is 24.1 Å². The van der Waals surface area contributed by atoms with Gasteiger partial charge in [-0.05, 0) is 12.1 Å². The zero-order valence-electron chi connectivity index (χ0n) is 9.19. The maximum Gasteiger partial charge on any atom is 0.231 e. The van der Waals surface area contributed by atoms with E-state index in [-0.39, 0.29) is 6.79 Å². The highest BCUT2D eigenvalue weighted by molar-refractivity contribution is 5.75. The number of anilines is 1. The molecule has 6 nitrogen and oxygen atoms in total. The van der Waals surface area contributed by atoms with Crippen LogP contribution in [0.2, 0.25) is 0 Å². The van der Waals surface area contributed by atoms with Crippen molar-refractivity contribution in [2.75, 3.05) is 19.6 Å². The maximum absolute atomic E-state index is 5.58. The lowest BCUT2D eigenvalue weighted by molar-refractivity contribution is 0.171. The van der Waals surface area contributed by atoms with E-state index >= 15 is 0 Å². The second-order valence-corrected chi connectivity index (χ2v) is 3.59. The summed E-state index contributed by atoms with van der Waals surface area (Å²) in [4.78, 5) is 0. The van der Waals surface area contributed by atoms with Crippen molar-refractivity contribution in [2.45, 2.75) is 0 Å². The number of ether oxygens (including phenoxy) is 3. The Hall–Kier alpha value is -2.37. The van der Waals surface area contributed by atoms with E-state index in [9.17, 15) is 0 Å². The Labute approximate surface area is 97.3 Å². The highest BCUT2D eigenvalue weighted by atomic mass is 16.7. The first-order valence-corrected chi connectivity index (χ1v) is 5.07. The summed E-state index contributed by atoms with van der Waals surface area (Å²) in [6.07, 6.45) is 0. The minimum Gasteiger partial charge on any atom is -0.492 e. The van der Waals surface area contributed by atoms with Crippen molar-refractivity contribution >= 4 is 5.82 Å². The lowest BCUT2D eigenvalue weighted by atomic mass is 10.1. The van der Waals surface area contributed by atoms with Crippen LogP contribution >= 0.6 is 0 Å². The summed E-state index contributed by atoms with van der Waals surface area (Å²) in [6, 6.07) is 5.44. The van der Waals surface area contributed by atoms with Crippen molar-refractivity contribution in [2.24, 2.45) is 0 Å². The number of fused-ring (bicyclic) bond motifs is 1. The van der Waals surface area contributed by atoms with Crippen molar-refractivity contribution in [3.05, 3.63) is 18.2 Å². The molecular weight excluding hydrogens is 222 g/mol. The first-order valence-electron chi connectivity index (χ1n) is 5.07. The van der Waals surface area contributed by atoms with Crippen molar-refractivity contribution in [1.82, 2.24) is 10.2 Å². The third kappa shape index (κ3) is 1.45. The molecular formula is C11H11N3O3. The summed E-state index contributed by atoms with van der Waals surface area (Å²) in [5.41, 5.74) is 7.19. The average Bonchev–Trinajstić information content (AvgIpc) is 2.95. The molecule has 0 fully saturated rings. The maximum atomic E-state index is 5.58. The van der Waals surface area contributed by atoms with Gasteiger partial charge in [0, 0.05) is 11.6 Å². The van der Waals surface area contributed by atoms with Crippen LogP contribution in [0.25, 0.3) is 11.3 Å². The predicted octanol–water partition coefficient (Wildman–Crippen LogP) is 1.40. The molecule has 0 radical (unpaired) electrons. The van der Waals surface area contributed by atoms with E-state index in [0.717, 1.165) is 11.3 Å². The molecule has 0 saturated carbocycles. The number of H-pyrrole nitrogens is 1. The number of aromatic amines is 1. The molecule has 88 valence electrons. The molecule has 1 aromatic heterocycles. The fraction of sp³-hybridized carbons (Fsp3) is 0.182. The zero-order valence-corrected chi connectivity index (χ0v) is 9.19. The quantitative estimate of drug-likeness (QED) is 0.819. The fourth-order valence-corrected chi connectivity index (χ4v) is 1.84. The van der Waals surface area contributed by atoms with Crippen molar-refractivity contribution in [3.63, 3.8) is 0 Å². The number of aromatic nitrogens is 2. The molecule has 0 saturated heterocycles. The van der Waals surface area contributed by atoms with E-state index in [1.165, 1.54) is 0 Å². The second-order valence-electron chi connectivity index (χ2n) is 3.59. The highest BCUT2D eigenvalue weighted by Crippen LogP contribution is 2.46. The smallest absolute Gasteiger partial charge is 0.231 e. The van der Waals surface area contributed by atoms with E-state index in [0.29, 0.717) is 23.1 Å². The van der Waals surface area contributed by atoms with Crippen LogP contribution in [0, 0.1) is 0 Å². The van der Waals surface area contributed by atoms with Crippen molar-refractivity contribution in [1.29, 1.82) is 0 Å². The number of methoxy groups -OCH3 is 1. The Morgan fingerprint density at radius 1 is 1.41 bits per heavy atom. The van der Waals surface area contributed by atoms with Crippen LogP contribution in [0.1, 0.15) is 0 Å². The number of hydrogen-bond acceptors (Lipinski definition) is 5. The molecule has 3 rings (SSSR count). The van der Waals surface area contributed by atoms with Gasteiger partial charge in [0.05, 0.1) is 12.8 Å². The Morgan fingerprint density at radius 3 is 3.00 bits per heavy atom. The van der Waals surface area contributed by atoms with E-state index < -0.39 is 0 Å².